The second-order valence-electron chi connectivity index (χ2n) is 2.61. The van der Waals surface area contributed by atoms with Crippen molar-refractivity contribution in [2.24, 2.45) is 5.73 Å². The van der Waals surface area contributed by atoms with Crippen LogP contribution in [-0.4, -0.2) is 34.5 Å². The summed E-state index contributed by atoms with van der Waals surface area (Å²) in [6.07, 6.45) is 2.21. The average Bonchev–Trinajstić information content (AvgIpc) is 2.43. The third kappa shape index (κ3) is 2.12. The minimum absolute atomic E-state index is 0.104. The van der Waals surface area contributed by atoms with Crippen LogP contribution in [0.4, 0.5) is 0 Å². The SMILES string of the molecule is NC(=O)[C@H](CS)NN1C(=O)C=CC1=O. The molecule has 0 radical (unpaired) electrons. The summed E-state index contributed by atoms with van der Waals surface area (Å²) in [7, 11) is 0. The first-order chi connectivity index (χ1) is 6.56. The molecule has 7 heteroatoms. The van der Waals surface area contributed by atoms with Crippen molar-refractivity contribution in [1.82, 2.24) is 10.4 Å². The minimum Gasteiger partial charge on any atom is -0.368 e. The molecule has 1 aliphatic heterocycles. The van der Waals surface area contributed by atoms with E-state index < -0.39 is 23.8 Å². The molecule has 0 saturated carbocycles. The number of nitrogens with zero attached hydrogens (tertiary/aromatic N) is 1. The van der Waals surface area contributed by atoms with Crippen molar-refractivity contribution in [3.63, 3.8) is 0 Å². The molecule has 0 aliphatic carbocycles. The highest BCUT2D eigenvalue weighted by Gasteiger charge is 2.27. The van der Waals surface area contributed by atoms with Gasteiger partial charge in [-0.15, -0.1) is 0 Å². The molecule has 0 saturated heterocycles. The molecule has 0 aromatic carbocycles. The third-order valence-electron chi connectivity index (χ3n) is 1.62. The van der Waals surface area contributed by atoms with E-state index in [9.17, 15) is 14.4 Å². The highest BCUT2D eigenvalue weighted by Crippen LogP contribution is 2.01. The Balaban J connectivity index is 2.64. The number of carbonyl (C=O) groups is 3. The van der Waals surface area contributed by atoms with Gasteiger partial charge in [0.15, 0.2) is 0 Å². The monoisotopic (exact) mass is 215 g/mol. The molecule has 3 amide bonds. The van der Waals surface area contributed by atoms with Crippen LogP contribution < -0.4 is 11.2 Å². The molecule has 1 atom stereocenters. The summed E-state index contributed by atoms with van der Waals surface area (Å²) in [6.45, 7) is 0. The van der Waals surface area contributed by atoms with Crippen molar-refractivity contribution in [1.29, 1.82) is 0 Å². The van der Waals surface area contributed by atoms with Gasteiger partial charge in [0.2, 0.25) is 5.91 Å². The number of rotatable bonds is 4. The molecule has 14 heavy (non-hydrogen) atoms. The Labute approximate surface area is 85.5 Å². The molecule has 0 aromatic rings. The molecule has 0 bridgehead atoms. The summed E-state index contributed by atoms with van der Waals surface area (Å²) in [5.41, 5.74) is 7.38. The van der Waals surface area contributed by atoms with Crippen LogP contribution >= 0.6 is 12.6 Å². The van der Waals surface area contributed by atoms with E-state index in [4.69, 9.17) is 5.73 Å². The predicted octanol–water partition coefficient (Wildman–Crippen LogP) is -1.80. The molecule has 76 valence electrons. The van der Waals surface area contributed by atoms with Crippen molar-refractivity contribution in [3.05, 3.63) is 12.2 Å². The number of nitrogens with one attached hydrogen (secondary N) is 1. The molecular weight excluding hydrogens is 206 g/mol. The first kappa shape index (κ1) is 10.7. The molecule has 1 aliphatic rings. The van der Waals surface area contributed by atoms with Gasteiger partial charge < -0.3 is 5.73 Å². The van der Waals surface area contributed by atoms with E-state index in [1.807, 2.05) is 0 Å². The fourth-order valence-corrected chi connectivity index (χ4v) is 1.14. The van der Waals surface area contributed by atoms with E-state index in [1.165, 1.54) is 0 Å². The minimum atomic E-state index is -0.842. The molecule has 0 aromatic heterocycles. The van der Waals surface area contributed by atoms with Crippen LogP contribution in [0, 0.1) is 0 Å². The van der Waals surface area contributed by atoms with E-state index in [-0.39, 0.29) is 5.75 Å². The number of imide groups is 1. The number of hydrazine groups is 1. The number of primary amides is 1. The average molecular weight is 215 g/mol. The maximum absolute atomic E-state index is 11.0. The maximum Gasteiger partial charge on any atom is 0.268 e. The number of thiol groups is 1. The van der Waals surface area contributed by atoms with Gasteiger partial charge in [-0.3, -0.25) is 14.4 Å². The first-order valence-corrected chi connectivity index (χ1v) is 4.42. The lowest BCUT2D eigenvalue weighted by Gasteiger charge is -2.20. The van der Waals surface area contributed by atoms with Gasteiger partial charge in [-0.1, -0.05) is 0 Å². The second kappa shape index (κ2) is 4.25. The second-order valence-corrected chi connectivity index (χ2v) is 2.98. The van der Waals surface area contributed by atoms with E-state index in [1.54, 1.807) is 0 Å². The highest BCUT2D eigenvalue weighted by molar-refractivity contribution is 7.80. The standard InChI is InChI=1S/C7H9N3O3S/c8-7(13)4(3-14)9-10-5(11)1-2-6(10)12/h1-2,4,9,14H,3H2,(H2,8,13)/t4-/m0/s1. The fraction of sp³-hybridized carbons (Fsp3) is 0.286. The Morgan fingerprint density at radius 3 is 2.36 bits per heavy atom. The molecule has 0 fully saturated rings. The molecule has 3 N–H and O–H groups in total. The van der Waals surface area contributed by atoms with Crippen LogP contribution in [0.25, 0.3) is 0 Å². The lowest BCUT2D eigenvalue weighted by Crippen LogP contribution is -2.53. The Bertz CT molecular complexity index is 297. The predicted molar refractivity (Wildman–Crippen MR) is 51.0 cm³/mol. The zero-order valence-electron chi connectivity index (χ0n) is 7.14. The van der Waals surface area contributed by atoms with Crippen molar-refractivity contribution in [2.75, 3.05) is 5.75 Å². The number of hydrogen-bond donors (Lipinski definition) is 3. The fourth-order valence-electron chi connectivity index (χ4n) is 0.878. The number of hydrogen-bond acceptors (Lipinski definition) is 5. The van der Waals surface area contributed by atoms with E-state index in [0.29, 0.717) is 0 Å². The van der Waals surface area contributed by atoms with Gasteiger partial charge in [-0.25, -0.2) is 10.4 Å². The van der Waals surface area contributed by atoms with E-state index in [2.05, 4.69) is 18.1 Å². The van der Waals surface area contributed by atoms with Crippen LogP contribution in [0.5, 0.6) is 0 Å². The largest absolute Gasteiger partial charge is 0.368 e. The lowest BCUT2D eigenvalue weighted by molar-refractivity contribution is -0.141. The maximum atomic E-state index is 11.0. The Morgan fingerprint density at radius 1 is 1.50 bits per heavy atom. The summed E-state index contributed by atoms with van der Waals surface area (Å²) in [4.78, 5) is 32.8. The van der Waals surface area contributed by atoms with Gasteiger partial charge in [-0.2, -0.15) is 12.6 Å². The lowest BCUT2D eigenvalue weighted by atomic mass is 10.3. The molecule has 0 unspecified atom stereocenters. The molecule has 1 rings (SSSR count). The summed E-state index contributed by atoms with van der Waals surface area (Å²) in [5, 5.41) is 0.728. The van der Waals surface area contributed by atoms with Crippen LogP contribution in [0.1, 0.15) is 0 Å². The molecule has 1 heterocycles. The van der Waals surface area contributed by atoms with Crippen molar-refractivity contribution in [2.45, 2.75) is 6.04 Å². The quantitative estimate of drug-likeness (QED) is 0.381. The summed E-state index contributed by atoms with van der Waals surface area (Å²) in [5.74, 6) is -1.62. The normalized spacial score (nSPS) is 17.6. The first-order valence-electron chi connectivity index (χ1n) is 3.78. The summed E-state index contributed by atoms with van der Waals surface area (Å²) in [6, 6.07) is -0.842. The summed E-state index contributed by atoms with van der Waals surface area (Å²) < 4.78 is 0. The Kier molecular flexibility index (Phi) is 3.26. The van der Waals surface area contributed by atoms with Gasteiger partial charge in [0.05, 0.1) is 0 Å². The van der Waals surface area contributed by atoms with Crippen LogP contribution in [0.3, 0.4) is 0 Å². The van der Waals surface area contributed by atoms with Gasteiger partial charge in [0, 0.05) is 17.9 Å². The number of amides is 3. The topological polar surface area (TPSA) is 92.5 Å². The summed E-state index contributed by atoms with van der Waals surface area (Å²) >= 11 is 3.85. The molecule has 0 spiro atoms. The van der Waals surface area contributed by atoms with Gasteiger partial charge in [-0.05, 0) is 0 Å². The highest BCUT2D eigenvalue weighted by atomic mass is 32.1. The molecular formula is C7H9N3O3S. The van der Waals surface area contributed by atoms with E-state index >= 15 is 0 Å². The zero-order chi connectivity index (χ0) is 10.7. The van der Waals surface area contributed by atoms with Crippen molar-refractivity contribution < 1.29 is 14.4 Å². The van der Waals surface area contributed by atoms with Gasteiger partial charge >= 0.3 is 0 Å². The number of nitrogens with two attached hydrogens (primary N) is 1. The van der Waals surface area contributed by atoms with Crippen LogP contribution in [0.2, 0.25) is 0 Å². The zero-order valence-corrected chi connectivity index (χ0v) is 8.03. The van der Waals surface area contributed by atoms with Crippen molar-refractivity contribution in [3.8, 4) is 0 Å². The Morgan fingerprint density at radius 2 is 2.00 bits per heavy atom. The van der Waals surface area contributed by atoms with Gasteiger partial charge in [0.1, 0.15) is 6.04 Å². The van der Waals surface area contributed by atoms with Crippen LogP contribution in [-0.2, 0) is 14.4 Å². The Hall–Kier alpha value is -1.34. The van der Waals surface area contributed by atoms with Crippen LogP contribution in [0.15, 0.2) is 12.2 Å². The molecule has 6 nitrogen and oxygen atoms in total. The number of carbonyl (C=O) groups excluding carboxylic acids is 3. The van der Waals surface area contributed by atoms with E-state index in [0.717, 1.165) is 17.2 Å². The third-order valence-corrected chi connectivity index (χ3v) is 1.99. The van der Waals surface area contributed by atoms with Crippen molar-refractivity contribution >= 4 is 30.4 Å². The van der Waals surface area contributed by atoms with Gasteiger partial charge in [0.25, 0.3) is 11.8 Å². The smallest absolute Gasteiger partial charge is 0.268 e.